The van der Waals surface area contributed by atoms with E-state index in [0.29, 0.717) is 0 Å². The largest absolute Gasteiger partial charge is 0.357 e. The summed E-state index contributed by atoms with van der Waals surface area (Å²) in [6, 6.07) is 2.13. The van der Waals surface area contributed by atoms with Crippen molar-refractivity contribution in [2.45, 2.75) is 32.7 Å². The van der Waals surface area contributed by atoms with Crippen LogP contribution >= 0.6 is 11.3 Å². The highest BCUT2D eigenvalue weighted by Gasteiger charge is 2.09. The van der Waals surface area contributed by atoms with E-state index in [0.717, 1.165) is 32.1 Å². The number of likely N-dealkylation sites (tertiary alicyclic amines) is 1. The minimum atomic E-state index is 0.753. The zero-order valence-electron chi connectivity index (χ0n) is 12.4. The molecule has 2 N–H and O–H groups in total. The van der Waals surface area contributed by atoms with Crippen LogP contribution in [0.3, 0.4) is 0 Å². The van der Waals surface area contributed by atoms with E-state index >= 15 is 0 Å². The number of guanidine groups is 1. The zero-order valence-corrected chi connectivity index (χ0v) is 13.2. The summed E-state index contributed by atoms with van der Waals surface area (Å²) in [6.07, 6.45) is 4.10. The van der Waals surface area contributed by atoms with Gasteiger partial charge in [-0.15, -0.1) is 0 Å². The Morgan fingerprint density at radius 2 is 2.15 bits per heavy atom. The molecule has 0 saturated carbocycles. The molecule has 0 atom stereocenters. The fourth-order valence-corrected chi connectivity index (χ4v) is 3.07. The summed E-state index contributed by atoms with van der Waals surface area (Å²) in [5, 5.41) is 11.0. The van der Waals surface area contributed by atoms with Gasteiger partial charge in [0.05, 0.1) is 6.54 Å². The van der Waals surface area contributed by atoms with Gasteiger partial charge >= 0.3 is 0 Å². The van der Waals surface area contributed by atoms with Gasteiger partial charge < -0.3 is 15.5 Å². The van der Waals surface area contributed by atoms with E-state index in [-0.39, 0.29) is 0 Å². The van der Waals surface area contributed by atoms with Gasteiger partial charge in [0.25, 0.3) is 0 Å². The van der Waals surface area contributed by atoms with Crippen LogP contribution in [0.4, 0.5) is 0 Å². The summed E-state index contributed by atoms with van der Waals surface area (Å²) in [4.78, 5) is 7.16. The molecule has 0 radical (unpaired) electrons. The van der Waals surface area contributed by atoms with Crippen molar-refractivity contribution in [1.82, 2.24) is 15.5 Å². The summed E-state index contributed by atoms with van der Waals surface area (Å²) in [5.41, 5.74) is 1.28. The predicted molar refractivity (Wildman–Crippen MR) is 87.4 cm³/mol. The molecule has 1 aliphatic heterocycles. The van der Waals surface area contributed by atoms with E-state index in [1.807, 2.05) is 0 Å². The molecular formula is C15H26N4S. The van der Waals surface area contributed by atoms with Crippen LogP contribution in [0, 0.1) is 0 Å². The second kappa shape index (κ2) is 8.97. The minimum absolute atomic E-state index is 0.753. The monoisotopic (exact) mass is 294 g/mol. The maximum atomic E-state index is 4.62. The number of aliphatic imine (C=N–C) groups is 1. The van der Waals surface area contributed by atoms with Crippen LogP contribution in [0.5, 0.6) is 0 Å². The van der Waals surface area contributed by atoms with Gasteiger partial charge in [-0.25, -0.2) is 4.99 Å². The van der Waals surface area contributed by atoms with Crippen LogP contribution in [-0.2, 0) is 6.54 Å². The molecule has 20 heavy (non-hydrogen) atoms. The average Bonchev–Trinajstić information content (AvgIpc) is 2.99. The van der Waals surface area contributed by atoms with Crippen LogP contribution in [0.15, 0.2) is 21.8 Å². The highest BCUT2D eigenvalue weighted by atomic mass is 32.1. The maximum Gasteiger partial charge on any atom is 0.191 e. The summed E-state index contributed by atoms with van der Waals surface area (Å²) >= 11 is 1.72. The predicted octanol–water partition coefficient (Wildman–Crippen LogP) is 2.29. The summed E-state index contributed by atoms with van der Waals surface area (Å²) in [7, 11) is 0. The molecule has 2 rings (SSSR count). The van der Waals surface area contributed by atoms with Crippen LogP contribution in [0.2, 0.25) is 0 Å². The SMILES string of the molecule is CCNC(=NCc1ccsc1)NCCN1CCCCC1. The Bertz CT molecular complexity index is 383. The van der Waals surface area contributed by atoms with E-state index in [2.05, 4.69) is 44.3 Å². The third-order valence-electron chi connectivity index (χ3n) is 3.51. The van der Waals surface area contributed by atoms with Crippen molar-refractivity contribution < 1.29 is 0 Å². The van der Waals surface area contributed by atoms with Crippen LogP contribution in [0.25, 0.3) is 0 Å². The van der Waals surface area contributed by atoms with Crippen molar-refractivity contribution in [2.75, 3.05) is 32.7 Å². The third kappa shape index (κ3) is 5.51. The first kappa shape index (κ1) is 15.3. The number of piperidine rings is 1. The van der Waals surface area contributed by atoms with E-state index in [4.69, 9.17) is 0 Å². The summed E-state index contributed by atoms with van der Waals surface area (Å²) < 4.78 is 0. The van der Waals surface area contributed by atoms with Gasteiger partial charge in [0.2, 0.25) is 0 Å². The minimum Gasteiger partial charge on any atom is -0.357 e. The third-order valence-corrected chi connectivity index (χ3v) is 4.25. The van der Waals surface area contributed by atoms with Gasteiger partial charge in [-0.05, 0) is 55.2 Å². The molecular weight excluding hydrogens is 268 g/mol. The van der Waals surface area contributed by atoms with Crippen molar-refractivity contribution in [2.24, 2.45) is 4.99 Å². The van der Waals surface area contributed by atoms with Gasteiger partial charge in [0.15, 0.2) is 5.96 Å². The van der Waals surface area contributed by atoms with E-state index in [1.165, 1.54) is 37.9 Å². The molecule has 1 aromatic heterocycles. The molecule has 0 spiro atoms. The lowest BCUT2D eigenvalue weighted by Crippen LogP contribution is -2.42. The summed E-state index contributed by atoms with van der Waals surface area (Å²) in [6.45, 7) is 8.35. The second-order valence-electron chi connectivity index (χ2n) is 5.16. The summed E-state index contributed by atoms with van der Waals surface area (Å²) in [5.74, 6) is 0.927. The Kier molecular flexibility index (Phi) is 6.88. The van der Waals surface area contributed by atoms with Crippen LogP contribution < -0.4 is 10.6 Å². The Morgan fingerprint density at radius 3 is 2.85 bits per heavy atom. The molecule has 0 bridgehead atoms. The lowest BCUT2D eigenvalue weighted by atomic mass is 10.1. The first-order chi connectivity index (χ1) is 9.88. The fraction of sp³-hybridized carbons (Fsp3) is 0.667. The second-order valence-corrected chi connectivity index (χ2v) is 5.94. The smallest absolute Gasteiger partial charge is 0.191 e. The first-order valence-electron chi connectivity index (χ1n) is 7.64. The fourth-order valence-electron chi connectivity index (χ4n) is 2.41. The standard InChI is InChI=1S/C15H26N4S/c1-2-16-15(18-12-14-6-11-20-13-14)17-7-10-19-8-4-3-5-9-19/h6,11,13H,2-5,7-10,12H2,1H3,(H2,16,17,18). The lowest BCUT2D eigenvalue weighted by molar-refractivity contribution is 0.232. The molecule has 5 heteroatoms. The van der Waals surface area contributed by atoms with Gasteiger partial charge in [-0.2, -0.15) is 11.3 Å². The van der Waals surface area contributed by atoms with Gasteiger partial charge in [0.1, 0.15) is 0 Å². The number of nitrogens with zero attached hydrogens (tertiary/aromatic N) is 2. The molecule has 1 aromatic rings. The molecule has 0 aromatic carbocycles. The van der Waals surface area contributed by atoms with E-state index in [9.17, 15) is 0 Å². The zero-order chi connectivity index (χ0) is 14.0. The number of hydrogen-bond acceptors (Lipinski definition) is 3. The van der Waals surface area contributed by atoms with Crippen molar-refractivity contribution in [3.63, 3.8) is 0 Å². The van der Waals surface area contributed by atoms with E-state index in [1.54, 1.807) is 11.3 Å². The molecule has 2 heterocycles. The quantitative estimate of drug-likeness (QED) is 0.625. The Labute approximate surface area is 126 Å². The Hall–Kier alpha value is -1.07. The van der Waals surface area contributed by atoms with Crippen molar-refractivity contribution >= 4 is 17.3 Å². The molecule has 4 nitrogen and oxygen atoms in total. The highest BCUT2D eigenvalue weighted by molar-refractivity contribution is 7.07. The van der Waals surface area contributed by atoms with Crippen molar-refractivity contribution in [3.05, 3.63) is 22.4 Å². The molecule has 1 aliphatic rings. The number of rotatable bonds is 6. The number of hydrogen-bond donors (Lipinski definition) is 2. The molecule has 0 unspecified atom stereocenters. The number of thiophene rings is 1. The lowest BCUT2D eigenvalue weighted by Gasteiger charge is -2.26. The molecule has 1 fully saturated rings. The maximum absolute atomic E-state index is 4.62. The molecule has 0 aliphatic carbocycles. The molecule has 0 amide bonds. The molecule has 112 valence electrons. The van der Waals surface area contributed by atoms with Gasteiger partial charge in [-0.3, -0.25) is 0 Å². The van der Waals surface area contributed by atoms with Gasteiger partial charge in [0, 0.05) is 19.6 Å². The van der Waals surface area contributed by atoms with Crippen molar-refractivity contribution in [3.8, 4) is 0 Å². The topological polar surface area (TPSA) is 39.7 Å². The normalized spacial score (nSPS) is 17.1. The highest BCUT2D eigenvalue weighted by Crippen LogP contribution is 2.08. The van der Waals surface area contributed by atoms with Crippen molar-refractivity contribution in [1.29, 1.82) is 0 Å². The van der Waals surface area contributed by atoms with Crippen LogP contribution in [0.1, 0.15) is 31.7 Å². The van der Waals surface area contributed by atoms with E-state index < -0.39 is 0 Å². The average molecular weight is 294 g/mol. The first-order valence-corrected chi connectivity index (χ1v) is 8.58. The van der Waals surface area contributed by atoms with Crippen LogP contribution in [-0.4, -0.2) is 43.6 Å². The molecule has 1 saturated heterocycles. The number of nitrogens with one attached hydrogen (secondary N) is 2. The Balaban J connectivity index is 1.72. The Morgan fingerprint density at radius 1 is 1.30 bits per heavy atom. The van der Waals surface area contributed by atoms with Gasteiger partial charge in [-0.1, -0.05) is 6.42 Å².